The fourth-order valence-corrected chi connectivity index (χ4v) is 8.55. The zero-order valence-electron chi connectivity index (χ0n) is 17.1. The Morgan fingerprint density at radius 1 is 0.852 bits per heavy atom. The van der Waals surface area contributed by atoms with Gasteiger partial charge in [-0.05, 0) is 59.7 Å². The molecule has 0 spiro atoms. The van der Waals surface area contributed by atoms with E-state index in [9.17, 15) is 0 Å². The summed E-state index contributed by atoms with van der Waals surface area (Å²) in [6.45, 7) is 16.2. The van der Waals surface area contributed by atoms with E-state index in [0.29, 0.717) is 5.54 Å². The number of benzene rings is 2. The van der Waals surface area contributed by atoms with Crippen LogP contribution in [-0.4, -0.2) is 13.8 Å². The molecule has 0 amide bonds. The van der Waals surface area contributed by atoms with Crippen LogP contribution in [0.4, 0.5) is 0 Å². The summed E-state index contributed by atoms with van der Waals surface area (Å²) in [5, 5.41) is 0. The average Bonchev–Trinajstić information content (AvgIpc) is 3.01. The number of nitrogens with one attached hydrogen (secondary N) is 1. The van der Waals surface area contributed by atoms with E-state index >= 15 is 0 Å². The predicted molar refractivity (Wildman–Crippen MR) is 121 cm³/mol. The second-order valence-corrected chi connectivity index (χ2v) is 13.6. The van der Waals surface area contributed by atoms with Gasteiger partial charge in [-0.1, -0.05) is 80.4 Å². The number of fused-ring (bicyclic) bond motifs is 4. The van der Waals surface area contributed by atoms with Crippen LogP contribution in [0.5, 0.6) is 0 Å². The first-order valence-electron chi connectivity index (χ1n) is 9.79. The van der Waals surface area contributed by atoms with Crippen molar-refractivity contribution in [3.8, 4) is 0 Å². The highest BCUT2D eigenvalue weighted by molar-refractivity contribution is 6.79. The first-order valence-corrected chi connectivity index (χ1v) is 12.9. The molecule has 0 bridgehead atoms. The summed E-state index contributed by atoms with van der Waals surface area (Å²) in [7, 11) is -1.77. The molecule has 0 heterocycles. The molecule has 138 valence electrons. The molecule has 2 aliphatic rings. The molecule has 1 unspecified atom stereocenters. The molecule has 1 N–H and O–H groups in total. The standard InChI is InChI=1S/C25H29NSi/c1-17-18-11-7-9-13-20(18)22-15-16-23(27(5,6)26-25(2,3)4)24(22)21-14-10-8-12-19(17)21/h7-16,23,26H,1H2,2-6H3. The van der Waals surface area contributed by atoms with Gasteiger partial charge in [0.2, 0.25) is 0 Å². The molecule has 0 fully saturated rings. The van der Waals surface area contributed by atoms with E-state index in [1.807, 2.05) is 0 Å². The Kier molecular flexibility index (Phi) is 4.17. The lowest BCUT2D eigenvalue weighted by Crippen LogP contribution is -2.56. The normalized spacial score (nSPS) is 18.9. The highest BCUT2D eigenvalue weighted by Crippen LogP contribution is 2.51. The molecule has 1 atom stereocenters. The van der Waals surface area contributed by atoms with Crippen LogP contribution in [0, 0.1) is 0 Å². The molecule has 2 aliphatic carbocycles. The first-order chi connectivity index (χ1) is 12.7. The van der Waals surface area contributed by atoms with E-state index in [-0.39, 0.29) is 5.54 Å². The van der Waals surface area contributed by atoms with Gasteiger partial charge < -0.3 is 4.98 Å². The van der Waals surface area contributed by atoms with Gasteiger partial charge in [0.1, 0.15) is 8.24 Å². The lowest BCUT2D eigenvalue weighted by atomic mass is 9.93. The highest BCUT2D eigenvalue weighted by Gasteiger charge is 2.41. The minimum absolute atomic E-state index is 0.110. The van der Waals surface area contributed by atoms with Crippen molar-refractivity contribution >= 4 is 25.0 Å². The molecule has 0 saturated carbocycles. The predicted octanol–water partition coefficient (Wildman–Crippen LogP) is 6.51. The molecule has 2 heteroatoms. The zero-order valence-corrected chi connectivity index (χ0v) is 18.1. The second-order valence-electron chi connectivity index (χ2n) is 9.33. The maximum absolute atomic E-state index is 4.48. The molecule has 27 heavy (non-hydrogen) atoms. The number of allylic oxidation sites excluding steroid dienone is 4. The fourth-order valence-electron chi connectivity index (χ4n) is 4.85. The zero-order chi connectivity index (χ0) is 19.4. The van der Waals surface area contributed by atoms with Gasteiger partial charge in [-0.25, -0.2) is 0 Å². The average molecular weight is 372 g/mol. The Morgan fingerprint density at radius 2 is 1.37 bits per heavy atom. The number of hydrogen-bond donors (Lipinski definition) is 1. The summed E-state index contributed by atoms with van der Waals surface area (Å²) in [6, 6.07) is 17.5. The molecule has 2 aromatic carbocycles. The van der Waals surface area contributed by atoms with Gasteiger partial charge >= 0.3 is 0 Å². The van der Waals surface area contributed by atoms with Crippen molar-refractivity contribution in [1.29, 1.82) is 0 Å². The maximum atomic E-state index is 4.48. The minimum Gasteiger partial charge on any atom is -0.332 e. The molecule has 1 nitrogen and oxygen atoms in total. The summed E-state index contributed by atoms with van der Waals surface area (Å²) < 4.78 is 0. The van der Waals surface area contributed by atoms with Crippen LogP contribution in [0.3, 0.4) is 0 Å². The van der Waals surface area contributed by atoms with E-state index < -0.39 is 8.24 Å². The van der Waals surface area contributed by atoms with Crippen molar-refractivity contribution in [2.75, 3.05) is 0 Å². The summed E-state index contributed by atoms with van der Waals surface area (Å²) in [6.07, 6.45) is 4.80. The van der Waals surface area contributed by atoms with Gasteiger partial charge in [-0.2, -0.15) is 0 Å². The van der Waals surface area contributed by atoms with Crippen molar-refractivity contribution in [1.82, 2.24) is 4.98 Å². The van der Waals surface area contributed by atoms with Crippen LogP contribution in [0.2, 0.25) is 18.6 Å². The molecule has 0 aromatic heterocycles. The van der Waals surface area contributed by atoms with Crippen LogP contribution >= 0.6 is 0 Å². The van der Waals surface area contributed by atoms with Gasteiger partial charge in [0.25, 0.3) is 0 Å². The van der Waals surface area contributed by atoms with Crippen LogP contribution in [-0.2, 0) is 0 Å². The Bertz CT molecular complexity index is 985. The van der Waals surface area contributed by atoms with E-state index in [1.165, 1.54) is 33.4 Å². The lowest BCUT2D eigenvalue weighted by molar-refractivity contribution is 0.510. The molecule has 2 aromatic rings. The lowest BCUT2D eigenvalue weighted by Gasteiger charge is -2.38. The van der Waals surface area contributed by atoms with E-state index in [1.54, 1.807) is 0 Å². The van der Waals surface area contributed by atoms with Crippen molar-refractivity contribution in [3.63, 3.8) is 0 Å². The van der Waals surface area contributed by atoms with E-state index in [4.69, 9.17) is 0 Å². The summed E-state index contributed by atoms with van der Waals surface area (Å²) in [5.41, 5.74) is 9.71. The quantitative estimate of drug-likeness (QED) is 0.594. The van der Waals surface area contributed by atoms with Crippen LogP contribution < -0.4 is 4.98 Å². The molecule has 4 rings (SSSR count). The summed E-state index contributed by atoms with van der Waals surface area (Å²) in [4.78, 5) is 3.99. The van der Waals surface area contributed by atoms with E-state index in [0.717, 1.165) is 5.57 Å². The van der Waals surface area contributed by atoms with Gasteiger partial charge in [-0.15, -0.1) is 0 Å². The van der Waals surface area contributed by atoms with Gasteiger partial charge in [-0.3, -0.25) is 0 Å². The third kappa shape index (κ3) is 3.07. The molecular formula is C25H29NSi. The van der Waals surface area contributed by atoms with E-state index in [2.05, 4.69) is 106 Å². The largest absolute Gasteiger partial charge is 0.332 e. The Hall–Kier alpha value is -2.16. The third-order valence-electron chi connectivity index (χ3n) is 5.62. The fraction of sp³-hybridized carbons (Fsp3) is 0.280. The number of rotatable bonds is 2. The molecule has 0 radical (unpaired) electrons. The van der Waals surface area contributed by atoms with Crippen molar-refractivity contribution < 1.29 is 0 Å². The Morgan fingerprint density at radius 3 is 1.96 bits per heavy atom. The maximum Gasteiger partial charge on any atom is 0.131 e. The smallest absolute Gasteiger partial charge is 0.131 e. The van der Waals surface area contributed by atoms with Crippen LogP contribution in [0.15, 0.2) is 67.3 Å². The van der Waals surface area contributed by atoms with Crippen molar-refractivity contribution in [2.45, 2.75) is 44.9 Å². The molecule has 0 saturated heterocycles. The second kappa shape index (κ2) is 6.18. The van der Waals surface area contributed by atoms with Crippen molar-refractivity contribution in [2.24, 2.45) is 0 Å². The van der Waals surface area contributed by atoms with Gasteiger partial charge in [0.05, 0.1) is 0 Å². The van der Waals surface area contributed by atoms with Crippen molar-refractivity contribution in [3.05, 3.63) is 89.5 Å². The summed E-state index contributed by atoms with van der Waals surface area (Å²) in [5.74, 6) is 0. The summed E-state index contributed by atoms with van der Waals surface area (Å²) >= 11 is 0. The topological polar surface area (TPSA) is 12.0 Å². The monoisotopic (exact) mass is 371 g/mol. The Labute approximate surface area is 164 Å². The Balaban J connectivity index is 1.96. The molecular weight excluding hydrogens is 342 g/mol. The van der Waals surface area contributed by atoms with Crippen LogP contribution in [0.1, 0.15) is 43.0 Å². The SMILES string of the molecule is C=C1c2ccccc2C2=C(c3ccccc31)C([Si](C)(C)NC(C)(C)C)C=C2. The van der Waals surface area contributed by atoms with Gasteiger partial charge in [0, 0.05) is 11.1 Å². The molecule has 0 aliphatic heterocycles. The van der Waals surface area contributed by atoms with Gasteiger partial charge in [0.15, 0.2) is 0 Å². The van der Waals surface area contributed by atoms with Crippen LogP contribution in [0.25, 0.3) is 16.7 Å². The first kappa shape index (κ1) is 18.2. The third-order valence-corrected chi connectivity index (χ3v) is 9.05. The number of hydrogen-bond acceptors (Lipinski definition) is 1. The highest BCUT2D eigenvalue weighted by atomic mass is 28.3. The minimum atomic E-state index is -1.77.